The number of piperazine rings is 1. The second-order valence-corrected chi connectivity index (χ2v) is 5.49. The number of rotatable bonds is 3. The summed E-state index contributed by atoms with van der Waals surface area (Å²) in [4.78, 5) is 4.76. The molecule has 2 N–H and O–H groups in total. The number of para-hydroxylation sites is 2. The molecule has 0 spiro atoms. The first kappa shape index (κ1) is 13.7. The standard InChI is InChI=1S/C15H23N3O2/c1-20-15-5-3-2-4-12(15)17-6-8-18(9-7-17)13-10-16-11-14(13)19/h2-5,13-14,16,19H,6-11H2,1H3/t13-,14-/m1/s1. The summed E-state index contributed by atoms with van der Waals surface area (Å²) in [5.74, 6) is 0.934. The van der Waals surface area contributed by atoms with Gasteiger partial charge in [0.15, 0.2) is 0 Å². The number of anilines is 1. The molecule has 0 aromatic heterocycles. The third-order valence-electron chi connectivity index (χ3n) is 4.36. The summed E-state index contributed by atoms with van der Waals surface area (Å²) in [6.07, 6.45) is -0.229. The van der Waals surface area contributed by atoms with Gasteiger partial charge in [0.05, 0.1) is 18.9 Å². The van der Waals surface area contributed by atoms with Gasteiger partial charge in [-0.15, -0.1) is 0 Å². The van der Waals surface area contributed by atoms with Gasteiger partial charge >= 0.3 is 0 Å². The summed E-state index contributed by atoms with van der Waals surface area (Å²) >= 11 is 0. The number of aliphatic hydroxyl groups excluding tert-OH is 1. The first-order chi connectivity index (χ1) is 9.79. The molecule has 2 heterocycles. The lowest BCUT2D eigenvalue weighted by Crippen LogP contribution is -2.53. The quantitative estimate of drug-likeness (QED) is 0.823. The molecule has 0 unspecified atom stereocenters. The van der Waals surface area contributed by atoms with E-state index in [1.54, 1.807) is 7.11 Å². The van der Waals surface area contributed by atoms with E-state index in [0.717, 1.165) is 45.0 Å². The second-order valence-electron chi connectivity index (χ2n) is 5.49. The number of hydrogen-bond acceptors (Lipinski definition) is 5. The zero-order valence-electron chi connectivity index (χ0n) is 12.0. The molecule has 3 rings (SSSR count). The molecule has 5 nitrogen and oxygen atoms in total. The average Bonchev–Trinajstić information content (AvgIpc) is 2.93. The van der Waals surface area contributed by atoms with Crippen LogP contribution in [0.3, 0.4) is 0 Å². The number of ether oxygens (including phenoxy) is 1. The molecule has 1 aromatic carbocycles. The minimum absolute atomic E-state index is 0.229. The Balaban J connectivity index is 1.63. The number of nitrogens with one attached hydrogen (secondary N) is 1. The van der Waals surface area contributed by atoms with E-state index in [1.807, 2.05) is 12.1 Å². The number of methoxy groups -OCH3 is 1. The maximum absolute atomic E-state index is 9.97. The summed E-state index contributed by atoms with van der Waals surface area (Å²) < 4.78 is 5.44. The van der Waals surface area contributed by atoms with Crippen LogP contribution in [0.25, 0.3) is 0 Å². The van der Waals surface area contributed by atoms with Gasteiger partial charge in [0.1, 0.15) is 5.75 Å². The molecule has 0 bridgehead atoms. The van der Waals surface area contributed by atoms with Crippen molar-refractivity contribution in [3.05, 3.63) is 24.3 Å². The topological polar surface area (TPSA) is 48.0 Å². The molecule has 2 saturated heterocycles. The van der Waals surface area contributed by atoms with E-state index in [9.17, 15) is 5.11 Å². The van der Waals surface area contributed by atoms with Gasteiger partial charge in [-0.2, -0.15) is 0 Å². The Kier molecular flexibility index (Phi) is 4.10. The zero-order chi connectivity index (χ0) is 13.9. The molecule has 0 amide bonds. The molecular formula is C15H23N3O2. The number of benzene rings is 1. The van der Waals surface area contributed by atoms with Crippen molar-refractivity contribution in [3.63, 3.8) is 0 Å². The molecular weight excluding hydrogens is 254 g/mol. The first-order valence-corrected chi connectivity index (χ1v) is 7.30. The summed E-state index contributed by atoms with van der Waals surface area (Å²) in [5.41, 5.74) is 1.17. The monoisotopic (exact) mass is 277 g/mol. The van der Waals surface area contributed by atoms with Crippen LogP contribution in [0, 0.1) is 0 Å². The van der Waals surface area contributed by atoms with Crippen LogP contribution in [0.15, 0.2) is 24.3 Å². The fourth-order valence-corrected chi connectivity index (χ4v) is 3.21. The Morgan fingerprint density at radius 2 is 1.90 bits per heavy atom. The molecule has 0 saturated carbocycles. The van der Waals surface area contributed by atoms with E-state index in [2.05, 4.69) is 27.2 Å². The summed E-state index contributed by atoms with van der Waals surface area (Å²) in [5, 5.41) is 13.2. The molecule has 0 radical (unpaired) electrons. The molecule has 0 aliphatic carbocycles. The van der Waals surface area contributed by atoms with E-state index in [1.165, 1.54) is 5.69 Å². The highest BCUT2D eigenvalue weighted by Crippen LogP contribution is 2.28. The third kappa shape index (κ3) is 2.61. The van der Waals surface area contributed by atoms with Crippen molar-refractivity contribution in [2.24, 2.45) is 0 Å². The predicted molar refractivity (Wildman–Crippen MR) is 79.4 cm³/mol. The normalized spacial score (nSPS) is 27.8. The minimum atomic E-state index is -0.229. The average molecular weight is 277 g/mol. The largest absolute Gasteiger partial charge is 0.495 e. The van der Waals surface area contributed by atoms with Crippen molar-refractivity contribution in [3.8, 4) is 5.75 Å². The number of hydrogen-bond donors (Lipinski definition) is 2. The van der Waals surface area contributed by atoms with Crippen LogP contribution in [0.5, 0.6) is 5.75 Å². The van der Waals surface area contributed by atoms with E-state index < -0.39 is 0 Å². The molecule has 5 heteroatoms. The molecule has 110 valence electrons. The van der Waals surface area contributed by atoms with Gasteiger partial charge in [-0.05, 0) is 12.1 Å². The van der Waals surface area contributed by atoms with Gasteiger partial charge in [0.2, 0.25) is 0 Å². The number of aliphatic hydroxyl groups is 1. The fraction of sp³-hybridized carbons (Fsp3) is 0.600. The van der Waals surface area contributed by atoms with Crippen LogP contribution < -0.4 is 15.0 Å². The highest BCUT2D eigenvalue weighted by atomic mass is 16.5. The SMILES string of the molecule is COc1ccccc1N1CCN([C@@H]2CNC[C@H]2O)CC1. The van der Waals surface area contributed by atoms with Gasteiger partial charge in [-0.3, -0.25) is 4.90 Å². The van der Waals surface area contributed by atoms with Crippen LogP contribution in [-0.4, -0.2) is 68.5 Å². The van der Waals surface area contributed by atoms with Crippen LogP contribution in [-0.2, 0) is 0 Å². The van der Waals surface area contributed by atoms with Gasteiger partial charge in [-0.25, -0.2) is 0 Å². The Morgan fingerprint density at radius 3 is 2.55 bits per heavy atom. The van der Waals surface area contributed by atoms with Crippen molar-refractivity contribution in [1.82, 2.24) is 10.2 Å². The second kappa shape index (κ2) is 5.99. The van der Waals surface area contributed by atoms with E-state index in [-0.39, 0.29) is 12.1 Å². The molecule has 20 heavy (non-hydrogen) atoms. The van der Waals surface area contributed by atoms with Crippen LogP contribution in [0.2, 0.25) is 0 Å². The predicted octanol–water partition coefficient (Wildman–Crippen LogP) is 0.150. The highest BCUT2D eigenvalue weighted by molar-refractivity contribution is 5.58. The minimum Gasteiger partial charge on any atom is -0.495 e. The Bertz CT molecular complexity index is 446. The van der Waals surface area contributed by atoms with Gasteiger partial charge in [-0.1, -0.05) is 12.1 Å². The van der Waals surface area contributed by atoms with Crippen molar-refractivity contribution < 1.29 is 9.84 Å². The number of β-amino-alcohol motifs (C(OH)–C–C–N with tert-alkyl or cyclic N) is 1. The van der Waals surface area contributed by atoms with Gasteiger partial charge < -0.3 is 20.1 Å². The molecule has 1 aromatic rings. The summed E-state index contributed by atoms with van der Waals surface area (Å²) in [6.45, 7) is 5.54. The smallest absolute Gasteiger partial charge is 0.142 e. The molecule has 2 fully saturated rings. The van der Waals surface area contributed by atoms with Crippen molar-refractivity contribution in [2.75, 3.05) is 51.3 Å². The Morgan fingerprint density at radius 1 is 1.15 bits per heavy atom. The summed E-state index contributed by atoms with van der Waals surface area (Å²) in [7, 11) is 1.72. The van der Waals surface area contributed by atoms with Crippen LogP contribution in [0.1, 0.15) is 0 Å². The van der Waals surface area contributed by atoms with E-state index in [0.29, 0.717) is 0 Å². The Hall–Kier alpha value is -1.30. The fourth-order valence-electron chi connectivity index (χ4n) is 3.21. The van der Waals surface area contributed by atoms with Crippen LogP contribution >= 0.6 is 0 Å². The summed E-state index contributed by atoms with van der Waals surface area (Å²) in [6, 6.07) is 8.44. The van der Waals surface area contributed by atoms with Crippen molar-refractivity contribution in [2.45, 2.75) is 12.1 Å². The first-order valence-electron chi connectivity index (χ1n) is 7.30. The maximum atomic E-state index is 9.97. The molecule has 2 atom stereocenters. The van der Waals surface area contributed by atoms with E-state index >= 15 is 0 Å². The van der Waals surface area contributed by atoms with Crippen molar-refractivity contribution in [1.29, 1.82) is 0 Å². The van der Waals surface area contributed by atoms with Crippen molar-refractivity contribution >= 4 is 5.69 Å². The molecule has 2 aliphatic rings. The lowest BCUT2D eigenvalue weighted by molar-refractivity contribution is 0.0792. The maximum Gasteiger partial charge on any atom is 0.142 e. The lowest BCUT2D eigenvalue weighted by Gasteiger charge is -2.40. The zero-order valence-corrected chi connectivity index (χ0v) is 12.0. The third-order valence-corrected chi connectivity index (χ3v) is 4.36. The Labute approximate surface area is 120 Å². The number of nitrogens with zero attached hydrogens (tertiary/aromatic N) is 2. The molecule has 2 aliphatic heterocycles. The van der Waals surface area contributed by atoms with Gasteiger partial charge in [0.25, 0.3) is 0 Å². The van der Waals surface area contributed by atoms with E-state index in [4.69, 9.17) is 4.74 Å². The lowest BCUT2D eigenvalue weighted by atomic mass is 10.1. The van der Waals surface area contributed by atoms with Gasteiger partial charge in [0, 0.05) is 45.3 Å². The highest BCUT2D eigenvalue weighted by Gasteiger charge is 2.32. The van der Waals surface area contributed by atoms with Crippen LogP contribution in [0.4, 0.5) is 5.69 Å².